The van der Waals surface area contributed by atoms with Crippen LogP contribution in [-0.2, 0) is 53.5 Å². The molecule has 0 N–H and O–H groups in total. The molecule has 0 saturated heterocycles. The largest absolute Gasteiger partial charge is 0.464 e. The third kappa shape index (κ3) is 9.21. The number of ether oxygens (including phenoxy) is 3. The average molecular weight is 633 g/mol. The number of hydrogen-bond acceptors (Lipinski definition) is 9. The number of hydrogen-bond donors (Lipinski definition) is 0. The number of benzene rings is 2. The van der Waals surface area contributed by atoms with E-state index in [0.29, 0.717) is 39.3 Å². The summed E-state index contributed by atoms with van der Waals surface area (Å²) in [5.41, 5.74) is 13.9. The van der Waals surface area contributed by atoms with Crippen molar-refractivity contribution in [3.8, 4) is 0 Å². The van der Waals surface area contributed by atoms with Crippen LogP contribution in [0.5, 0.6) is 0 Å². The first-order chi connectivity index (χ1) is 21.6. The van der Waals surface area contributed by atoms with Crippen molar-refractivity contribution in [3.05, 3.63) is 92.1 Å². The molecule has 5 rings (SSSR count). The number of methoxy groups -OCH3 is 1. The van der Waals surface area contributed by atoms with Crippen molar-refractivity contribution in [1.29, 1.82) is 0 Å². The number of fused-ring (bicyclic) bond motifs is 2. The highest BCUT2D eigenvalue weighted by atomic mass is 16.6. The fourth-order valence-corrected chi connectivity index (χ4v) is 4.88. The molecule has 244 valence electrons. The van der Waals surface area contributed by atoms with Gasteiger partial charge in [0.25, 0.3) is 0 Å². The molecule has 2 amide bonds. The van der Waals surface area contributed by atoms with Gasteiger partial charge in [-0.1, -0.05) is 46.7 Å². The van der Waals surface area contributed by atoms with E-state index in [1.54, 1.807) is 20.7 Å². The van der Waals surface area contributed by atoms with Gasteiger partial charge in [0.15, 0.2) is 5.69 Å². The number of aromatic nitrogens is 3. The van der Waals surface area contributed by atoms with Crippen molar-refractivity contribution in [3.63, 3.8) is 0 Å². The Balaban J connectivity index is 0.000000216. The SMILES string of the molecule is CC(C)(C)OC(=O)N1Cc2ccc(CN=[N+]=[N-])cc2C1.COC(=O)c1cn(Cc2ccc3c(c2)CN(C(=O)OC(C)(C)C)C3)nn1. The molecule has 2 aliphatic rings. The first-order valence-corrected chi connectivity index (χ1v) is 14.8. The van der Waals surface area contributed by atoms with Crippen LogP contribution in [0.4, 0.5) is 9.59 Å². The van der Waals surface area contributed by atoms with E-state index in [9.17, 15) is 14.4 Å². The lowest BCUT2D eigenvalue weighted by Gasteiger charge is -2.24. The quantitative estimate of drug-likeness (QED) is 0.107. The summed E-state index contributed by atoms with van der Waals surface area (Å²) >= 11 is 0. The highest BCUT2D eigenvalue weighted by molar-refractivity contribution is 5.86. The number of rotatable bonds is 5. The fraction of sp³-hybridized carbons (Fsp3) is 0.469. The zero-order valence-corrected chi connectivity index (χ0v) is 27.3. The Hall–Kier alpha value is -5.10. The Morgan fingerprint density at radius 2 is 1.33 bits per heavy atom. The van der Waals surface area contributed by atoms with Crippen LogP contribution in [0.25, 0.3) is 10.4 Å². The summed E-state index contributed by atoms with van der Waals surface area (Å²) in [4.78, 5) is 41.8. The molecule has 0 bridgehead atoms. The summed E-state index contributed by atoms with van der Waals surface area (Å²) in [6.07, 6.45) is 0.936. The second kappa shape index (κ2) is 13.9. The lowest BCUT2D eigenvalue weighted by atomic mass is 10.1. The Labute approximate surface area is 267 Å². The van der Waals surface area contributed by atoms with Gasteiger partial charge in [-0.3, -0.25) is 9.80 Å². The molecular formula is C32H40N8O6. The molecule has 3 aromatic rings. The van der Waals surface area contributed by atoms with Gasteiger partial charge in [-0.25, -0.2) is 19.1 Å². The molecule has 0 saturated carbocycles. The molecule has 3 heterocycles. The molecule has 0 aliphatic carbocycles. The van der Waals surface area contributed by atoms with Gasteiger partial charge in [-0.05, 0) is 80.5 Å². The lowest BCUT2D eigenvalue weighted by molar-refractivity contribution is 0.0232. The van der Waals surface area contributed by atoms with E-state index in [0.717, 1.165) is 33.4 Å². The summed E-state index contributed by atoms with van der Waals surface area (Å²) < 4.78 is 17.0. The normalized spacial score (nSPS) is 13.5. The molecule has 0 spiro atoms. The standard InChI is InChI=1S/C18H22N4O4.C14H18N4O2/c1-18(2,3)26-17(24)21-9-13-6-5-12(7-14(13)10-21)8-22-11-15(19-20-22)16(23)25-4;1-14(2,3)20-13(19)18-8-11-5-4-10(7-16-17-15)6-12(11)9-18/h5-7,11H,8-10H2,1-4H3;4-6H,7-9H2,1-3H3. The van der Waals surface area contributed by atoms with Crippen molar-refractivity contribution in [2.24, 2.45) is 5.11 Å². The van der Waals surface area contributed by atoms with Gasteiger partial charge in [-0.2, -0.15) is 0 Å². The smallest absolute Gasteiger partial charge is 0.410 e. The van der Waals surface area contributed by atoms with E-state index < -0.39 is 17.2 Å². The third-order valence-electron chi connectivity index (χ3n) is 6.88. The molecule has 0 unspecified atom stereocenters. The maximum absolute atomic E-state index is 12.2. The Kier molecular flexibility index (Phi) is 10.2. The minimum absolute atomic E-state index is 0.171. The number of carbonyl (C=O) groups excluding carboxylic acids is 3. The van der Waals surface area contributed by atoms with Crippen molar-refractivity contribution in [2.75, 3.05) is 7.11 Å². The molecule has 1 aromatic heterocycles. The molecule has 46 heavy (non-hydrogen) atoms. The minimum Gasteiger partial charge on any atom is -0.464 e. The highest BCUT2D eigenvalue weighted by Crippen LogP contribution is 2.27. The molecule has 0 radical (unpaired) electrons. The summed E-state index contributed by atoms with van der Waals surface area (Å²) in [6.45, 7) is 14.1. The number of carbonyl (C=O) groups is 3. The topological polar surface area (TPSA) is 165 Å². The predicted octanol–water partition coefficient (Wildman–Crippen LogP) is 6.11. The first kappa shape index (κ1) is 33.8. The molecular weight excluding hydrogens is 592 g/mol. The van der Waals surface area contributed by atoms with Crippen LogP contribution in [0, 0.1) is 0 Å². The van der Waals surface area contributed by atoms with Crippen LogP contribution in [0.3, 0.4) is 0 Å². The summed E-state index contributed by atoms with van der Waals surface area (Å²) in [7, 11) is 1.30. The third-order valence-corrected chi connectivity index (χ3v) is 6.88. The van der Waals surface area contributed by atoms with Crippen molar-refractivity contribution in [1.82, 2.24) is 24.8 Å². The van der Waals surface area contributed by atoms with Crippen LogP contribution in [0.15, 0.2) is 47.7 Å². The maximum Gasteiger partial charge on any atom is 0.410 e. The van der Waals surface area contributed by atoms with E-state index in [-0.39, 0.29) is 17.9 Å². The van der Waals surface area contributed by atoms with Crippen LogP contribution < -0.4 is 0 Å². The van der Waals surface area contributed by atoms with Gasteiger partial charge >= 0.3 is 18.2 Å². The van der Waals surface area contributed by atoms with E-state index in [1.165, 1.54) is 7.11 Å². The lowest BCUT2D eigenvalue weighted by Crippen LogP contribution is -2.33. The molecule has 0 atom stereocenters. The van der Waals surface area contributed by atoms with Gasteiger partial charge in [0.05, 0.1) is 26.4 Å². The van der Waals surface area contributed by atoms with Gasteiger partial charge < -0.3 is 14.2 Å². The average Bonchev–Trinajstić information content (AvgIpc) is 3.72. The number of azide groups is 1. The van der Waals surface area contributed by atoms with Crippen LogP contribution >= 0.6 is 0 Å². The van der Waals surface area contributed by atoms with Crippen molar-refractivity contribution in [2.45, 2.75) is 92.0 Å². The molecule has 2 aromatic carbocycles. The van der Waals surface area contributed by atoms with Crippen LogP contribution in [-0.4, -0.2) is 61.3 Å². The van der Waals surface area contributed by atoms with Gasteiger partial charge in [0.2, 0.25) is 0 Å². The van der Waals surface area contributed by atoms with E-state index >= 15 is 0 Å². The Bertz CT molecular complexity index is 1650. The first-order valence-electron chi connectivity index (χ1n) is 14.8. The van der Waals surface area contributed by atoms with Crippen LogP contribution in [0.1, 0.15) is 85.4 Å². The van der Waals surface area contributed by atoms with Gasteiger partial charge in [-0.15, -0.1) is 5.10 Å². The zero-order valence-electron chi connectivity index (χ0n) is 27.3. The Morgan fingerprint density at radius 3 is 1.83 bits per heavy atom. The number of amides is 2. The second-order valence-electron chi connectivity index (χ2n) is 13.1. The number of nitrogens with zero attached hydrogens (tertiary/aromatic N) is 8. The molecule has 14 nitrogen and oxygen atoms in total. The monoisotopic (exact) mass is 632 g/mol. The van der Waals surface area contributed by atoms with Gasteiger partial charge in [0, 0.05) is 31.1 Å². The summed E-state index contributed by atoms with van der Waals surface area (Å²) in [6, 6.07) is 11.9. The summed E-state index contributed by atoms with van der Waals surface area (Å²) in [5, 5.41) is 11.3. The Morgan fingerprint density at radius 1 is 0.826 bits per heavy atom. The molecule has 14 heteroatoms. The van der Waals surface area contributed by atoms with Crippen molar-refractivity contribution < 1.29 is 28.6 Å². The fourth-order valence-electron chi connectivity index (χ4n) is 4.88. The maximum atomic E-state index is 12.2. The highest BCUT2D eigenvalue weighted by Gasteiger charge is 2.29. The molecule has 2 aliphatic heterocycles. The summed E-state index contributed by atoms with van der Waals surface area (Å²) in [5.74, 6) is -0.516. The van der Waals surface area contributed by atoms with E-state index in [2.05, 4.69) is 25.1 Å². The van der Waals surface area contributed by atoms with Crippen LogP contribution in [0.2, 0.25) is 0 Å². The predicted molar refractivity (Wildman–Crippen MR) is 167 cm³/mol. The van der Waals surface area contributed by atoms with Crippen molar-refractivity contribution >= 4 is 18.2 Å². The zero-order chi connectivity index (χ0) is 33.6. The number of esters is 1. The molecule has 0 fully saturated rings. The van der Waals surface area contributed by atoms with E-state index in [4.69, 9.17) is 15.0 Å². The second-order valence-corrected chi connectivity index (χ2v) is 13.1. The van der Waals surface area contributed by atoms with E-state index in [1.807, 2.05) is 77.9 Å². The minimum atomic E-state index is -0.516. The van der Waals surface area contributed by atoms with Gasteiger partial charge in [0.1, 0.15) is 11.2 Å².